The van der Waals surface area contributed by atoms with Crippen LogP contribution in [0.3, 0.4) is 0 Å². The molecule has 2 aromatic heterocycles. The van der Waals surface area contributed by atoms with Gasteiger partial charge in [0.2, 0.25) is 0 Å². The fraction of sp³-hybridized carbons (Fsp3) is 0.250. The third kappa shape index (κ3) is 2.65. The largest absolute Gasteiger partial charge is 0.465 e. The number of aromatic nitrogens is 3. The van der Waals surface area contributed by atoms with E-state index < -0.39 is 5.97 Å². The van der Waals surface area contributed by atoms with Gasteiger partial charge in [-0.15, -0.1) is 0 Å². The van der Waals surface area contributed by atoms with Crippen molar-refractivity contribution < 1.29 is 9.53 Å². The molecule has 2 aromatic rings. The average Bonchev–Trinajstić information content (AvgIpc) is 2.82. The summed E-state index contributed by atoms with van der Waals surface area (Å²) < 4.78 is 6.40. The molecule has 0 saturated heterocycles. The summed E-state index contributed by atoms with van der Waals surface area (Å²) in [5.74, 6) is -0.0346. The van der Waals surface area contributed by atoms with Crippen LogP contribution in [0, 0.1) is 0 Å². The van der Waals surface area contributed by atoms with Crippen molar-refractivity contribution in [2.45, 2.75) is 6.54 Å². The van der Waals surface area contributed by atoms with Crippen LogP contribution in [0.5, 0.6) is 0 Å². The predicted octanol–water partition coefficient (Wildman–Crippen LogP) is 0.796. The summed E-state index contributed by atoms with van der Waals surface area (Å²) in [6, 6.07) is 3.41. The Kier molecular flexibility index (Phi) is 3.65. The summed E-state index contributed by atoms with van der Waals surface area (Å²) in [6.45, 7) is 0.512. The highest BCUT2D eigenvalue weighted by atomic mass is 16.5. The number of esters is 1. The van der Waals surface area contributed by atoms with Crippen molar-refractivity contribution in [1.29, 1.82) is 0 Å². The van der Waals surface area contributed by atoms with Gasteiger partial charge in [-0.1, -0.05) is 0 Å². The maximum atomic E-state index is 11.5. The average molecular weight is 261 g/mol. The van der Waals surface area contributed by atoms with E-state index in [1.807, 2.05) is 13.1 Å². The fourth-order valence-corrected chi connectivity index (χ4v) is 1.65. The molecule has 0 atom stereocenters. The molecule has 0 bridgehead atoms. The SMILES string of the molecule is COC(=O)c1ccnc(NCc2ccnn2C)c1N. The van der Waals surface area contributed by atoms with Gasteiger partial charge in [0.25, 0.3) is 0 Å². The smallest absolute Gasteiger partial charge is 0.340 e. The van der Waals surface area contributed by atoms with E-state index in [1.165, 1.54) is 19.4 Å². The molecule has 0 aliphatic carbocycles. The molecule has 2 rings (SSSR count). The van der Waals surface area contributed by atoms with E-state index in [-0.39, 0.29) is 5.69 Å². The zero-order chi connectivity index (χ0) is 13.8. The summed E-state index contributed by atoms with van der Waals surface area (Å²) in [4.78, 5) is 15.6. The van der Waals surface area contributed by atoms with Gasteiger partial charge in [0.15, 0.2) is 0 Å². The van der Waals surface area contributed by atoms with Crippen LogP contribution in [0.15, 0.2) is 24.5 Å². The number of carbonyl (C=O) groups is 1. The molecule has 0 spiro atoms. The molecule has 0 amide bonds. The summed E-state index contributed by atoms with van der Waals surface area (Å²) in [5, 5.41) is 7.13. The van der Waals surface area contributed by atoms with Crippen LogP contribution in [0.4, 0.5) is 11.5 Å². The minimum absolute atomic E-state index is 0.275. The molecule has 0 aromatic carbocycles. The first-order valence-electron chi connectivity index (χ1n) is 5.67. The second-order valence-electron chi connectivity index (χ2n) is 3.91. The monoisotopic (exact) mass is 261 g/mol. The number of nitrogens with zero attached hydrogens (tertiary/aromatic N) is 3. The number of nitrogens with two attached hydrogens (primary N) is 1. The Morgan fingerprint density at radius 2 is 2.26 bits per heavy atom. The van der Waals surface area contributed by atoms with Crippen molar-refractivity contribution >= 4 is 17.5 Å². The number of methoxy groups -OCH3 is 1. The van der Waals surface area contributed by atoms with E-state index >= 15 is 0 Å². The Morgan fingerprint density at radius 3 is 2.89 bits per heavy atom. The van der Waals surface area contributed by atoms with Crippen molar-refractivity contribution in [1.82, 2.24) is 14.8 Å². The number of rotatable bonds is 4. The number of hydrogen-bond donors (Lipinski definition) is 2. The highest BCUT2D eigenvalue weighted by Crippen LogP contribution is 2.21. The minimum Gasteiger partial charge on any atom is -0.465 e. The molecule has 0 radical (unpaired) electrons. The van der Waals surface area contributed by atoms with Crippen LogP contribution >= 0.6 is 0 Å². The molecule has 0 aliphatic rings. The molecule has 0 saturated carbocycles. The zero-order valence-corrected chi connectivity index (χ0v) is 10.8. The number of nitrogen functional groups attached to an aromatic ring is 1. The number of hydrogen-bond acceptors (Lipinski definition) is 6. The Morgan fingerprint density at radius 1 is 1.47 bits per heavy atom. The van der Waals surface area contributed by atoms with E-state index in [4.69, 9.17) is 5.73 Å². The minimum atomic E-state index is -0.483. The van der Waals surface area contributed by atoms with Gasteiger partial charge >= 0.3 is 5.97 Å². The van der Waals surface area contributed by atoms with Gasteiger partial charge in [-0.3, -0.25) is 4.68 Å². The van der Waals surface area contributed by atoms with Gasteiger partial charge in [0, 0.05) is 19.4 Å². The van der Waals surface area contributed by atoms with Crippen molar-refractivity contribution in [2.24, 2.45) is 7.05 Å². The lowest BCUT2D eigenvalue weighted by Gasteiger charge is -2.10. The van der Waals surface area contributed by atoms with E-state index in [0.717, 1.165) is 5.69 Å². The molecular weight excluding hydrogens is 246 g/mol. The third-order valence-electron chi connectivity index (χ3n) is 2.75. The van der Waals surface area contributed by atoms with Gasteiger partial charge in [-0.2, -0.15) is 5.10 Å². The van der Waals surface area contributed by atoms with E-state index in [9.17, 15) is 4.79 Å². The predicted molar refractivity (Wildman–Crippen MR) is 70.5 cm³/mol. The van der Waals surface area contributed by atoms with Crippen LogP contribution in [0.25, 0.3) is 0 Å². The van der Waals surface area contributed by atoms with Crippen LogP contribution in [0.1, 0.15) is 16.1 Å². The summed E-state index contributed by atoms with van der Waals surface area (Å²) in [5.41, 5.74) is 7.44. The van der Waals surface area contributed by atoms with Gasteiger partial charge in [-0.05, 0) is 12.1 Å². The first kappa shape index (κ1) is 12.9. The van der Waals surface area contributed by atoms with E-state index in [0.29, 0.717) is 17.9 Å². The number of carbonyl (C=O) groups excluding carboxylic acids is 1. The molecule has 19 heavy (non-hydrogen) atoms. The van der Waals surface area contributed by atoms with E-state index in [1.54, 1.807) is 10.9 Å². The van der Waals surface area contributed by atoms with Crippen LogP contribution in [-0.4, -0.2) is 27.8 Å². The highest BCUT2D eigenvalue weighted by Gasteiger charge is 2.13. The Labute approximate surface area is 110 Å². The number of ether oxygens (including phenoxy) is 1. The maximum Gasteiger partial charge on any atom is 0.340 e. The molecule has 2 heterocycles. The Balaban J connectivity index is 2.17. The Bertz CT molecular complexity index is 594. The van der Waals surface area contributed by atoms with Gasteiger partial charge < -0.3 is 15.8 Å². The molecule has 100 valence electrons. The van der Waals surface area contributed by atoms with E-state index in [2.05, 4.69) is 20.1 Å². The topological polar surface area (TPSA) is 95.1 Å². The maximum absolute atomic E-state index is 11.5. The quantitative estimate of drug-likeness (QED) is 0.790. The number of aryl methyl sites for hydroxylation is 1. The van der Waals surface area contributed by atoms with Gasteiger partial charge in [0.1, 0.15) is 5.82 Å². The highest BCUT2D eigenvalue weighted by molar-refractivity contribution is 5.97. The molecule has 3 N–H and O–H groups in total. The molecule has 7 nitrogen and oxygen atoms in total. The second kappa shape index (κ2) is 5.38. The van der Waals surface area contributed by atoms with Crippen molar-refractivity contribution in [2.75, 3.05) is 18.2 Å². The van der Waals surface area contributed by atoms with Gasteiger partial charge in [-0.25, -0.2) is 9.78 Å². The summed E-state index contributed by atoms with van der Waals surface area (Å²) in [6.07, 6.45) is 3.22. The number of nitrogens with one attached hydrogen (secondary N) is 1. The molecular formula is C12H15N5O2. The van der Waals surface area contributed by atoms with Crippen molar-refractivity contribution in [3.63, 3.8) is 0 Å². The number of anilines is 2. The molecule has 0 unspecified atom stereocenters. The first-order valence-corrected chi connectivity index (χ1v) is 5.67. The first-order chi connectivity index (χ1) is 9.13. The summed E-state index contributed by atoms with van der Waals surface area (Å²) >= 11 is 0. The lowest BCUT2D eigenvalue weighted by atomic mass is 10.2. The van der Waals surface area contributed by atoms with Gasteiger partial charge in [0.05, 0.1) is 30.6 Å². The summed E-state index contributed by atoms with van der Waals surface area (Å²) in [7, 11) is 3.16. The van der Waals surface area contributed by atoms with Crippen molar-refractivity contribution in [3.8, 4) is 0 Å². The lowest BCUT2D eigenvalue weighted by molar-refractivity contribution is 0.0602. The van der Waals surface area contributed by atoms with Crippen LogP contribution < -0.4 is 11.1 Å². The standard InChI is InChI=1S/C12H15N5O2/c1-17-8(3-6-16-17)7-15-11-10(13)9(4-5-14-11)12(18)19-2/h3-6H,7,13H2,1-2H3,(H,14,15). The van der Waals surface area contributed by atoms with Crippen LogP contribution in [-0.2, 0) is 18.3 Å². The van der Waals surface area contributed by atoms with Crippen LogP contribution in [0.2, 0.25) is 0 Å². The fourth-order valence-electron chi connectivity index (χ4n) is 1.65. The molecule has 7 heteroatoms. The molecule has 0 fully saturated rings. The lowest BCUT2D eigenvalue weighted by Crippen LogP contribution is -2.12. The zero-order valence-electron chi connectivity index (χ0n) is 10.8. The number of pyridine rings is 1. The van der Waals surface area contributed by atoms with Crippen molar-refractivity contribution in [3.05, 3.63) is 35.8 Å². The third-order valence-corrected chi connectivity index (χ3v) is 2.75. The Hall–Kier alpha value is -2.57. The normalized spacial score (nSPS) is 10.2. The molecule has 0 aliphatic heterocycles. The second-order valence-corrected chi connectivity index (χ2v) is 3.91.